The van der Waals surface area contributed by atoms with Gasteiger partial charge >= 0.3 is 0 Å². The van der Waals surface area contributed by atoms with Crippen molar-refractivity contribution >= 4 is 11.4 Å². The van der Waals surface area contributed by atoms with Gasteiger partial charge in [0, 0.05) is 23.3 Å². The first-order chi connectivity index (χ1) is 14.2. The molecule has 29 heavy (non-hydrogen) atoms. The lowest BCUT2D eigenvalue weighted by atomic mass is 10.0. The lowest BCUT2D eigenvalue weighted by molar-refractivity contribution is -0.384. The molecule has 0 radical (unpaired) electrons. The minimum atomic E-state index is -0.447. The van der Waals surface area contributed by atoms with Crippen LogP contribution in [-0.2, 0) is 4.84 Å². The summed E-state index contributed by atoms with van der Waals surface area (Å²) in [5.41, 5.74) is 2.63. The van der Waals surface area contributed by atoms with Crippen molar-refractivity contribution in [1.82, 2.24) is 0 Å². The highest BCUT2D eigenvalue weighted by Crippen LogP contribution is 2.18. The van der Waals surface area contributed by atoms with Crippen LogP contribution in [0.5, 0.6) is 11.5 Å². The predicted octanol–water partition coefficient (Wildman–Crippen LogP) is 4.45. The first-order valence-corrected chi connectivity index (χ1v) is 8.94. The molecule has 0 bridgehead atoms. The first-order valence-electron chi connectivity index (χ1n) is 8.94. The predicted molar refractivity (Wildman–Crippen MR) is 110 cm³/mol. The van der Waals surface area contributed by atoms with E-state index in [0.29, 0.717) is 24.7 Å². The average molecular weight is 392 g/mol. The van der Waals surface area contributed by atoms with Crippen LogP contribution in [0.15, 0.2) is 84.0 Å². The van der Waals surface area contributed by atoms with E-state index in [4.69, 9.17) is 14.3 Å². The van der Waals surface area contributed by atoms with Gasteiger partial charge in [0.25, 0.3) is 5.69 Å². The first kappa shape index (κ1) is 19.9. The van der Waals surface area contributed by atoms with Crippen LogP contribution in [0.1, 0.15) is 11.1 Å². The van der Waals surface area contributed by atoms with Crippen LogP contribution in [0.25, 0.3) is 0 Å². The number of hydrogen-bond donors (Lipinski definition) is 0. The fourth-order valence-electron chi connectivity index (χ4n) is 2.65. The summed E-state index contributed by atoms with van der Waals surface area (Å²) in [4.78, 5) is 15.2. The molecule has 7 heteroatoms. The van der Waals surface area contributed by atoms with Gasteiger partial charge in [0.1, 0.15) is 37.5 Å². The van der Waals surface area contributed by atoms with E-state index in [-0.39, 0.29) is 5.69 Å². The SMILES string of the molecule is CO/N=C(\c1ccccc1)c1ccc(OCCOc2ccc([N+](=O)[O-])cc2)cc1. The summed E-state index contributed by atoms with van der Waals surface area (Å²) in [5, 5.41) is 14.8. The summed E-state index contributed by atoms with van der Waals surface area (Å²) in [6, 6.07) is 23.3. The Hall–Kier alpha value is -3.87. The Labute approximate surface area is 168 Å². The van der Waals surface area contributed by atoms with Crippen LogP contribution in [0.3, 0.4) is 0 Å². The summed E-state index contributed by atoms with van der Waals surface area (Å²) in [6.45, 7) is 0.661. The monoisotopic (exact) mass is 392 g/mol. The fraction of sp³-hybridized carbons (Fsp3) is 0.136. The fourth-order valence-corrected chi connectivity index (χ4v) is 2.65. The van der Waals surface area contributed by atoms with E-state index < -0.39 is 4.92 Å². The molecule has 148 valence electrons. The van der Waals surface area contributed by atoms with Gasteiger partial charge in [0.05, 0.1) is 4.92 Å². The molecule has 0 unspecified atom stereocenters. The molecule has 0 saturated carbocycles. The Bertz CT molecular complexity index is 955. The highest BCUT2D eigenvalue weighted by molar-refractivity contribution is 6.12. The Kier molecular flexibility index (Phi) is 6.78. The molecule has 0 aliphatic carbocycles. The number of nitrogens with zero attached hydrogens (tertiary/aromatic N) is 2. The van der Waals surface area contributed by atoms with Crippen LogP contribution in [0, 0.1) is 10.1 Å². The Morgan fingerprint density at radius 2 is 1.34 bits per heavy atom. The maximum atomic E-state index is 10.6. The average Bonchev–Trinajstić information content (AvgIpc) is 2.76. The zero-order chi connectivity index (χ0) is 20.5. The van der Waals surface area contributed by atoms with Crippen LogP contribution in [-0.4, -0.2) is 31.0 Å². The molecule has 3 aromatic rings. The van der Waals surface area contributed by atoms with Crippen molar-refractivity contribution < 1.29 is 19.2 Å². The highest BCUT2D eigenvalue weighted by Gasteiger charge is 2.08. The largest absolute Gasteiger partial charge is 0.490 e. The normalized spacial score (nSPS) is 11.0. The van der Waals surface area contributed by atoms with Gasteiger partial charge in [0.2, 0.25) is 0 Å². The van der Waals surface area contributed by atoms with Gasteiger partial charge in [0.15, 0.2) is 0 Å². The maximum absolute atomic E-state index is 10.6. The number of hydrogen-bond acceptors (Lipinski definition) is 6. The minimum absolute atomic E-state index is 0.0283. The number of non-ortho nitro benzene ring substituents is 1. The van der Waals surface area contributed by atoms with Crippen molar-refractivity contribution in [3.8, 4) is 11.5 Å². The van der Waals surface area contributed by atoms with Gasteiger partial charge in [-0.1, -0.05) is 35.5 Å². The van der Waals surface area contributed by atoms with Gasteiger partial charge in [-0.2, -0.15) is 0 Å². The van der Waals surface area contributed by atoms with Crippen LogP contribution >= 0.6 is 0 Å². The smallest absolute Gasteiger partial charge is 0.269 e. The summed E-state index contributed by atoms with van der Waals surface area (Å²) in [7, 11) is 1.52. The van der Waals surface area contributed by atoms with Gasteiger partial charge in [-0.05, 0) is 36.4 Å². The number of rotatable bonds is 9. The molecule has 0 heterocycles. The molecular formula is C22H20N2O5. The molecule has 0 atom stereocenters. The van der Waals surface area contributed by atoms with E-state index in [1.807, 2.05) is 54.6 Å². The molecule has 0 aliphatic heterocycles. The summed E-state index contributed by atoms with van der Waals surface area (Å²) >= 11 is 0. The Balaban J connectivity index is 1.54. The second-order valence-corrected chi connectivity index (χ2v) is 5.96. The van der Waals surface area contributed by atoms with Crippen LogP contribution in [0.4, 0.5) is 5.69 Å². The van der Waals surface area contributed by atoms with Crippen molar-refractivity contribution in [2.75, 3.05) is 20.3 Å². The number of benzene rings is 3. The Morgan fingerprint density at radius 3 is 1.86 bits per heavy atom. The second kappa shape index (κ2) is 9.89. The molecule has 7 nitrogen and oxygen atoms in total. The molecule has 0 saturated heterocycles. The van der Waals surface area contributed by atoms with E-state index in [1.54, 1.807) is 12.1 Å². The van der Waals surface area contributed by atoms with E-state index >= 15 is 0 Å². The summed E-state index contributed by atoms with van der Waals surface area (Å²) in [6.07, 6.45) is 0. The lowest BCUT2D eigenvalue weighted by Gasteiger charge is -2.10. The van der Waals surface area contributed by atoms with E-state index in [9.17, 15) is 10.1 Å². The van der Waals surface area contributed by atoms with Crippen LogP contribution < -0.4 is 9.47 Å². The second-order valence-electron chi connectivity index (χ2n) is 5.96. The van der Waals surface area contributed by atoms with Gasteiger partial charge in [-0.15, -0.1) is 0 Å². The third-order valence-electron chi connectivity index (χ3n) is 4.03. The number of nitro groups is 1. The van der Waals surface area contributed by atoms with Gasteiger partial charge in [-0.3, -0.25) is 10.1 Å². The lowest BCUT2D eigenvalue weighted by Crippen LogP contribution is -2.09. The molecule has 0 aliphatic rings. The topological polar surface area (TPSA) is 83.2 Å². The van der Waals surface area contributed by atoms with Crippen molar-refractivity contribution in [3.05, 3.63) is 100 Å². The number of oxime groups is 1. The summed E-state index contributed by atoms with van der Waals surface area (Å²) in [5.74, 6) is 1.25. The summed E-state index contributed by atoms with van der Waals surface area (Å²) < 4.78 is 11.2. The quantitative estimate of drug-likeness (QED) is 0.232. The molecule has 3 aromatic carbocycles. The van der Waals surface area contributed by atoms with Crippen molar-refractivity contribution in [1.29, 1.82) is 0 Å². The molecule has 0 amide bonds. The van der Waals surface area contributed by atoms with Crippen molar-refractivity contribution in [2.24, 2.45) is 5.16 Å². The standard InChI is InChI=1S/C22H20N2O5/c1-27-23-22(17-5-3-2-4-6-17)18-7-11-20(12-8-18)28-15-16-29-21-13-9-19(10-14-21)24(25)26/h2-14H,15-16H2,1H3/b23-22+. The number of nitro benzene ring substituents is 1. The van der Waals surface area contributed by atoms with Gasteiger partial charge in [-0.25, -0.2) is 0 Å². The van der Waals surface area contributed by atoms with Crippen molar-refractivity contribution in [3.63, 3.8) is 0 Å². The van der Waals surface area contributed by atoms with E-state index in [2.05, 4.69) is 5.16 Å². The van der Waals surface area contributed by atoms with Crippen LogP contribution in [0.2, 0.25) is 0 Å². The Morgan fingerprint density at radius 1 is 0.828 bits per heavy atom. The minimum Gasteiger partial charge on any atom is -0.490 e. The maximum Gasteiger partial charge on any atom is 0.269 e. The molecular weight excluding hydrogens is 372 g/mol. The molecule has 0 N–H and O–H groups in total. The number of ether oxygens (including phenoxy) is 2. The van der Waals surface area contributed by atoms with Crippen molar-refractivity contribution in [2.45, 2.75) is 0 Å². The zero-order valence-electron chi connectivity index (χ0n) is 15.9. The van der Waals surface area contributed by atoms with E-state index in [1.165, 1.54) is 19.2 Å². The molecule has 0 aromatic heterocycles. The van der Waals surface area contributed by atoms with Gasteiger partial charge < -0.3 is 14.3 Å². The molecule has 0 spiro atoms. The highest BCUT2D eigenvalue weighted by atomic mass is 16.6. The molecule has 0 fully saturated rings. The van der Waals surface area contributed by atoms with E-state index in [0.717, 1.165) is 16.8 Å². The zero-order valence-corrected chi connectivity index (χ0v) is 15.9. The third-order valence-corrected chi connectivity index (χ3v) is 4.03. The third kappa shape index (κ3) is 5.55. The molecule has 3 rings (SSSR count).